The minimum absolute atomic E-state index is 0.102. The van der Waals surface area contributed by atoms with Gasteiger partial charge in [0.05, 0.1) is 6.10 Å². The molecule has 76 valence electrons. The third kappa shape index (κ3) is 2.13. The van der Waals surface area contributed by atoms with Crippen LogP contribution in [0, 0.1) is 6.92 Å². The Morgan fingerprint density at radius 2 is 2.21 bits per heavy atom. The number of pyridine rings is 1. The maximum atomic E-state index is 9.58. The van der Waals surface area contributed by atoms with Gasteiger partial charge in [-0.2, -0.15) is 0 Å². The van der Waals surface area contributed by atoms with Gasteiger partial charge in [-0.15, -0.1) is 0 Å². The Kier molecular flexibility index (Phi) is 2.82. The smallest absolute Gasteiger partial charge is 0.0546 e. The van der Waals surface area contributed by atoms with E-state index < -0.39 is 0 Å². The fraction of sp³-hybridized carbons (Fsp3) is 0.583. The van der Waals surface area contributed by atoms with Gasteiger partial charge in [-0.3, -0.25) is 4.98 Å². The van der Waals surface area contributed by atoms with E-state index in [2.05, 4.69) is 17.1 Å². The molecule has 0 bridgehead atoms. The zero-order valence-electron chi connectivity index (χ0n) is 8.61. The van der Waals surface area contributed by atoms with Crippen molar-refractivity contribution in [2.24, 2.45) is 0 Å². The number of aliphatic hydroxyl groups is 1. The molecule has 2 rings (SSSR count). The van der Waals surface area contributed by atoms with E-state index in [1.54, 1.807) is 0 Å². The molecule has 1 heterocycles. The van der Waals surface area contributed by atoms with E-state index in [0.29, 0.717) is 5.92 Å². The van der Waals surface area contributed by atoms with Crippen molar-refractivity contribution in [2.75, 3.05) is 0 Å². The highest BCUT2D eigenvalue weighted by molar-refractivity contribution is 5.18. The standard InChI is InChI=1S/C12H17NO/c1-9-5-6-11(8-13-9)10-3-2-4-12(14)7-10/h5-6,8,10,12,14H,2-4,7H2,1H3. The minimum Gasteiger partial charge on any atom is -0.393 e. The van der Waals surface area contributed by atoms with Crippen LogP contribution >= 0.6 is 0 Å². The summed E-state index contributed by atoms with van der Waals surface area (Å²) in [5.74, 6) is 0.520. The molecule has 0 aromatic carbocycles. The lowest BCUT2D eigenvalue weighted by atomic mass is 9.83. The molecule has 1 fully saturated rings. The first-order chi connectivity index (χ1) is 6.75. The highest BCUT2D eigenvalue weighted by atomic mass is 16.3. The molecule has 1 aromatic rings. The Balaban J connectivity index is 2.10. The van der Waals surface area contributed by atoms with Crippen molar-refractivity contribution in [1.29, 1.82) is 0 Å². The van der Waals surface area contributed by atoms with Crippen LogP contribution in [0.1, 0.15) is 42.9 Å². The molecule has 1 N–H and O–H groups in total. The van der Waals surface area contributed by atoms with Gasteiger partial charge in [0.25, 0.3) is 0 Å². The molecular weight excluding hydrogens is 174 g/mol. The largest absolute Gasteiger partial charge is 0.393 e. The maximum Gasteiger partial charge on any atom is 0.0546 e. The van der Waals surface area contributed by atoms with Crippen LogP contribution in [0.2, 0.25) is 0 Å². The molecule has 0 amide bonds. The molecule has 2 nitrogen and oxygen atoms in total. The molecule has 0 saturated heterocycles. The highest BCUT2D eigenvalue weighted by Crippen LogP contribution is 2.32. The lowest BCUT2D eigenvalue weighted by molar-refractivity contribution is 0.119. The zero-order chi connectivity index (χ0) is 9.97. The summed E-state index contributed by atoms with van der Waals surface area (Å²) in [5.41, 5.74) is 2.35. The van der Waals surface area contributed by atoms with Crippen molar-refractivity contribution in [3.05, 3.63) is 29.6 Å². The fourth-order valence-corrected chi connectivity index (χ4v) is 2.19. The number of aliphatic hydroxyl groups excluding tert-OH is 1. The molecule has 1 saturated carbocycles. The van der Waals surface area contributed by atoms with Gasteiger partial charge in [0, 0.05) is 11.9 Å². The molecular formula is C12H17NO. The Morgan fingerprint density at radius 3 is 2.86 bits per heavy atom. The second kappa shape index (κ2) is 4.09. The van der Waals surface area contributed by atoms with Crippen molar-refractivity contribution >= 4 is 0 Å². The average molecular weight is 191 g/mol. The average Bonchev–Trinajstić information content (AvgIpc) is 2.19. The van der Waals surface area contributed by atoms with E-state index in [1.807, 2.05) is 13.1 Å². The second-order valence-electron chi connectivity index (χ2n) is 4.25. The number of aromatic nitrogens is 1. The van der Waals surface area contributed by atoms with Crippen molar-refractivity contribution in [2.45, 2.75) is 44.6 Å². The topological polar surface area (TPSA) is 33.1 Å². The molecule has 2 heteroatoms. The van der Waals surface area contributed by atoms with Gasteiger partial charge in [-0.25, -0.2) is 0 Å². The summed E-state index contributed by atoms with van der Waals surface area (Å²) in [7, 11) is 0. The van der Waals surface area contributed by atoms with Gasteiger partial charge in [-0.05, 0) is 43.7 Å². The molecule has 1 aromatic heterocycles. The number of nitrogens with zero attached hydrogens (tertiary/aromatic N) is 1. The first kappa shape index (κ1) is 9.66. The summed E-state index contributed by atoms with van der Waals surface area (Å²) in [6, 6.07) is 4.20. The van der Waals surface area contributed by atoms with Crippen LogP contribution in [0.15, 0.2) is 18.3 Å². The van der Waals surface area contributed by atoms with E-state index in [0.717, 1.165) is 25.0 Å². The zero-order valence-corrected chi connectivity index (χ0v) is 8.61. The number of hydrogen-bond acceptors (Lipinski definition) is 2. The fourth-order valence-electron chi connectivity index (χ4n) is 2.19. The van der Waals surface area contributed by atoms with E-state index in [9.17, 15) is 5.11 Å². The molecule has 14 heavy (non-hydrogen) atoms. The molecule has 1 aliphatic rings. The molecule has 2 atom stereocenters. The van der Waals surface area contributed by atoms with Crippen molar-refractivity contribution in [1.82, 2.24) is 4.98 Å². The number of hydrogen-bond donors (Lipinski definition) is 1. The minimum atomic E-state index is -0.102. The molecule has 1 aliphatic carbocycles. The first-order valence-corrected chi connectivity index (χ1v) is 5.36. The molecule has 0 radical (unpaired) electrons. The van der Waals surface area contributed by atoms with Crippen LogP contribution in [0.25, 0.3) is 0 Å². The lowest BCUT2D eigenvalue weighted by Crippen LogP contribution is -2.18. The second-order valence-corrected chi connectivity index (χ2v) is 4.25. The van der Waals surface area contributed by atoms with Crippen LogP contribution in [0.4, 0.5) is 0 Å². The third-order valence-corrected chi connectivity index (χ3v) is 3.05. The van der Waals surface area contributed by atoms with Crippen LogP contribution in [-0.2, 0) is 0 Å². The van der Waals surface area contributed by atoms with Gasteiger partial charge in [0.2, 0.25) is 0 Å². The van der Waals surface area contributed by atoms with Crippen LogP contribution in [-0.4, -0.2) is 16.2 Å². The monoisotopic (exact) mass is 191 g/mol. The number of rotatable bonds is 1. The predicted octanol–water partition coefficient (Wildman–Crippen LogP) is 2.41. The SMILES string of the molecule is Cc1ccc(C2CCCC(O)C2)cn1. The van der Waals surface area contributed by atoms with Gasteiger partial charge in [0.1, 0.15) is 0 Å². The normalized spacial score (nSPS) is 27.6. The Bertz CT molecular complexity index is 294. The van der Waals surface area contributed by atoms with Crippen molar-refractivity contribution < 1.29 is 5.11 Å². The van der Waals surface area contributed by atoms with E-state index in [4.69, 9.17) is 0 Å². The van der Waals surface area contributed by atoms with Gasteiger partial charge in [-0.1, -0.05) is 12.5 Å². The predicted molar refractivity (Wildman–Crippen MR) is 56.2 cm³/mol. The van der Waals surface area contributed by atoms with Crippen LogP contribution in [0.3, 0.4) is 0 Å². The van der Waals surface area contributed by atoms with Gasteiger partial charge in [0.15, 0.2) is 0 Å². The Morgan fingerprint density at radius 1 is 1.36 bits per heavy atom. The lowest BCUT2D eigenvalue weighted by Gasteiger charge is -2.25. The Hall–Kier alpha value is -0.890. The Labute approximate surface area is 85.0 Å². The third-order valence-electron chi connectivity index (χ3n) is 3.05. The van der Waals surface area contributed by atoms with E-state index in [-0.39, 0.29) is 6.10 Å². The van der Waals surface area contributed by atoms with Gasteiger partial charge < -0.3 is 5.11 Å². The first-order valence-electron chi connectivity index (χ1n) is 5.36. The summed E-state index contributed by atoms with van der Waals surface area (Å²) < 4.78 is 0. The molecule has 0 spiro atoms. The summed E-state index contributed by atoms with van der Waals surface area (Å²) in [6.07, 6.45) is 6.06. The number of aryl methyl sites for hydroxylation is 1. The maximum absolute atomic E-state index is 9.58. The summed E-state index contributed by atoms with van der Waals surface area (Å²) in [6.45, 7) is 2.00. The summed E-state index contributed by atoms with van der Waals surface area (Å²) >= 11 is 0. The summed E-state index contributed by atoms with van der Waals surface area (Å²) in [5, 5.41) is 9.58. The van der Waals surface area contributed by atoms with Crippen molar-refractivity contribution in [3.8, 4) is 0 Å². The van der Waals surface area contributed by atoms with Gasteiger partial charge >= 0.3 is 0 Å². The quantitative estimate of drug-likeness (QED) is 0.739. The van der Waals surface area contributed by atoms with Crippen LogP contribution < -0.4 is 0 Å². The summed E-state index contributed by atoms with van der Waals surface area (Å²) in [4.78, 5) is 4.30. The van der Waals surface area contributed by atoms with E-state index in [1.165, 1.54) is 12.0 Å². The highest BCUT2D eigenvalue weighted by Gasteiger charge is 2.21. The van der Waals surface area contributed by atoms with Crippen LogP contribution in [0.5, 0.6) is 0 Å². The molecule has 0 aliphatic heterocycles. The molecule has 2 unspecified atom stereocenters. The van der Waals surface area contributed by atoms with Crippen molar-refractivity contribution in [3.63, 3.8) is 0 Å². The van der Waals surface area contributed by atoms with E-state index >= 15 is 0 Å².